The second-order valence-electron chi connectivity index (χ2n) is 5.21. The van der Waals surface area contributed by atoms with Crippen LogP contribution in [0.4, 0.5) is 0 Å². The number of thioether (sulfide) groups is 1. The highest BCUT2D eigenvalue weighted by molar-refractivity contribution is 8.00. The van der Waals surface area contributed by atoms with Crippen molar-refractivity contribution >= 4 is 17.7 Å². The van der Waals surface area contributed by atoms with Crippen molar-refractivity contribution in [2.45, 2.75) is 68.9 Å². The molecule has 1 saturated carbocycles. The average Bonchev–Trinajstić information content (AvgIpc) is 3.03. The quantitative estimate of drug-likeness (QED) is 0.780. The molecule has 7 heteroatoms. The molecule has 1 aromatic rings. The van der Waals surface area contributed by atoms with Gasteiger partial charge in [-0.3, -0.25) is 9.36 Å². The molecule has 0 saturated heterocycles. The largest absolute Gasteiger partial charge is 0.352 e. The van der Waals surface area contributed by atoms with Gasteiger partial charge in [-0.1, -0.05) is 31.5 Å². The fourth-order valence-electron chi connectivity index (χ4n) is 2.41. The van der Waals surface area contributed by atoms with Gasteiger partial charge in [-0.15, -0.1) is 5.10 Å². The number of rotatable bonds is 6. The summed E-state index contributed by atoms with van der Waals surface area (Å²) in [5, 5.41) is 9.85. The zero-order valence-corrected chi connectivity index (χ0v) is 12.8. The number of carbonyl (C=O) groups is 1. The van der Waals surface area contributed by atoms with E-state index in [0.717, 1.165) is 19.3 Å². The zero-order valence-electron chi connectivity index (χ0n) is 12.0. The van der Waals surface area contributed by atoms with Gasteiger partial charge in [0.2, 0.25) is 5.91 Å². The lowest BCUT2D eigenvalue weighted by Crippen LogP contribution is -2.37. The number of H-pyrrole nitrogens is 1. The summed E-state index contributed by atoms with van der Waals surface area (Å²) in [5.74, 6) is 0.0281. The predicted octanol–water partition coefficient (Wildman–Crippen LogP) is 1.52. The fraction of sp³-hybridized carbons (Fsp3) is 0.769. The molecule has 1 amide bonds. The summed E-state index contributed by atoms with van der Waals surface area (Å²) in [6.07, 6.45) is 5.40. The highest BCUT2D eigenvalue weighted by Crippen LogP contribution is 2.22. The third kappa shape index (κ3) is 3.65. The molecule has 0 aromatic carbocycles. The summed E-state index contributed by atoms with van der Waals surface area (Å²) in [4.78, 5) is 23.7. The second-order valence-corrected chi connectivity index (χ2v) is 6.52. The van der Waals surface area contributed by atoms with Crippen LogP contribution in [0.25, 0.3) is 0 Å². The van der Waals surface area contributed by atoms with Gasteiger partial charge in [0.1, 0.15) is 0 Å². The lowest BCUT2D eigenvalue weighted by Gasteiger charge is -2.16. The third-order valence-electron chi connectivity index (χ3n) is 3.52. The SMILES string of the molecule is CCCn1c(S[C@H](C)C(=O)NC2CCCC2)n[nH]c1=O. The van der Waals surface area contributed by atoms with Crippen LogP contribution in [0.1, 0.15) is 46.0 Å². The maximum atomic E-state index is 12.1. The van der Waals surface area contributed by atoms with Gasteiger partial charge in [-0.25, -0.2) is 9.89 Å². The Morgan fingerprint density at radius 1 is 1.55 bits per heavy atom. The molecule has 1 atom stereocenters. The molecular formula is C13H22N4O2S. The van der Waals surface area contributed by atoms with E-state index >= 15 is 0 Å². The highest BCUT2D eigenvalue weighted by atomic mass is 32.2. The van der Waals surface area contributed by atoms with Crippen LogP contribution in [0.2, 0.25) is 0 Å². The van der Waals surface area contributed by atoms with E-state index in [9.17, 15) is 9.59 Å². The van der Waals surface area contributed by atoms with Crippen molar-refractivity contribution in [3.05, 3.63) is 10.5 Å². The average molecular weight is 298 g/mol. The molecule has 1 heterocycles. The van der Waals surface area contributed by atoms with Crippen LogP contribution >= 0.6 is 11.8 Å². The number of amides is 1. The lowest BCUT2D eigenvalue weighted by molar-refractivity contribution is -0.120. The van der Waals surface area contributed by atoms with Crippen LogP contribution in [0.15, 0.2) is 9.95 Å². The summed E-state index contributed by atoms with van der Waals surface area (Å²) < 4.78 is 1.59. The Balaban J connectivity index is 1.94. The first kappa shape index (κ1) is 15.2. The molecule has 6 nitrogen and oxygen atoms in total. The fourth-order valence-corrected chi connectivity index (χ4v) is 3.31. The second kappa shape index (κ2) is 6.97. The summed E-state index contributed by atoms with van der Waals surface area (Å²) >= 11 is 1.33. The number of hydrogen-bond donors (Lipinski definition) is 2. The number of nitrogens with one attached hydrogen (secondary N) is 2. The molecule has 0 spiro atoms. The summed E-state index contributed by atoms with van der Waals surface area (Å²) in [6.45, 7) is 4.48. The Hall–Kier alpha value is -1.24. The smallest absolute Gasteiger partial charge is 0.343 e. The van der Waals surface area contributed by atoms with Gasteiger partial charge < -0.3 is 5.32 Å². The van der Waals surface area contributed by atoms with Gasteiger partial charge in [-0.2, -0.15) is 0 Å². The monoisotopic (exact) mass is 298 g/mol. The van der Waals surface area contributed by atoms with E-state index in [-0.39, 0.29) is 16.8 Å². The minimum atomic E-state index is -0.249. The van der Waals surface area contributed by atoms with Crippen LogP contribution in [0, 0.1) is 0 Å². The molecule has 2 N–H and O–H groups in total. The van der Waals surface area contributed by atoms with E-state index in [1.807, 2.05) is 13.8 Å². The molecule has 1 aliphatic carbocycles. The van der Waals surface area contributed by atoms with Crippen LogP contribution in [0.5, 0.6) is 0 Å². The first-order valence-electron chi connectivity index (χ1n) is 7.24. The molecule has 0 radical (unpaired) electrons. The summed E-state index contributed by atoms with van der Waals surface area (Å²) in [7, 11) is 0. The van der Waals surface area contributed by atoms with Crippen molar-refractivity contribution in [2.75, 3.05) is 0 Å². The summed E-state index contributed by atoms with van der Waals surface area (Å²) in [6, 6.07) is 0.322. The van der Waals surface area contributed by atoms with Gasteiger partial charge in [0.15, 0.2) is 5.16 Å². The topological polar surface area (TPSA) is 79.8 Å². The van der Waals surface area contributed by atoms with Crippen molar-refractivity contribution < 1.29 is 4.79 Å². The Morgan fingerprint density at radius 3 is 2.90 bits per heavy atom. The van der Waals surface area contributed by atoms with Crippen molar-refractivity contribution in [3.8, 4) is 0 Å². The molecule has 1 fully saturated rings. The van der Waals surface area contributed by atoms with Gasteiger partial charge in [0, 0.05) is 12.6 Å². The first-order chi connectivity index (χ1) is 9.61. The maximum absolute atomic E-state index is 12.1. The molecule has 112 valence electrons. The van der Waals surface area contributed by atoms with Crippen molar-refractivity contribution in [3.63, 3.8) is 0 Å². The molecule has 0 bridgehead atoms. The van der Waals surface area contributed by atoms with Crippen LogP contribution < -0.4 is 11.0 Å². The van der Waals surface area contributed by atoms with E-state index in [1.165, 1.54) is 24.6 Å². The van der Waals surface area contributed by atoms with Gasteiger partial charge >= 0.3 is 5.69 Å². The van der Waals surface area contributed by atoms with E-state index in [4.69, 9.17) is 0 Å². The molecule has 20 heavy (non-hydrogen) atoms. The van der Waals surface area contributed by atoms with Gasteiger partial charge in [-0.05, 0) is 26.2 Å². The minimum Gasteiger partial charge on any atom is -0.352 e. The molecule has 2 rings (SSSR count). The third-order valence-corrected chi connectivity index (χ3v) is 4.61. The highest BCUT2D eigenvalue weighted by Gasteiger charge is 2.23. The van der Waals surface area contributed by atoms with Gasteiger partial charge in [0.05, 0.1) is 5.25 Å². The summed E-state index contributed by atoms with van der Waals surface area (Å²) in [5.41, 5.74) is -0.210. The van der Waals surface area contributed by atoms with E-state index in [0.29, 0.717) is 17.7 Å². The number of nitrogens with zero attached hydrogens (tertiary/aromatic N) is 2. The molecule has 0 aliphatic heterocycles. The predicted molar refractivity (Wildman–Crippen MR) is 78.9 cm³/mol. The van der Waals surface area contributed by atoms with Crippen molar-refractivity contribution in [2.24, 2.45) is 0 Å². The maximum Gasteiger partial charge on any atom is 0.343 e. The number of aromatic nitrogens is 3. The lowest BCUT2D eigenvalue weighted by atomic mass is 10.2. The molecule has 1 aromatic heterocycles. The normalized spacial score (nSPS) is 17.3. The number of aromatic amines is 1. The van der Waals surface area contributed by atoms with Crippen molar-refractivity contribution in [1.82, 2.24) is 20.1 Å². The molecular weight excluding hydrogens is 276 g/mol. The standard InChI is InChI=1S/C13H22N4O2S/c1-3-8-17-12(19)15-16-13(17)20-9(2)11(18)14-10-6-4-5-7-10/h9-10H,3-8H2,1-2H3,(H,14,18)(H,15,19)/t9-/m1/s1. The van der Waals surface area contributed by atoms with Crippen molar-refractivity contribution in [1.29, 1.82) is 0 Å². The molecule has 1 aliphatic rings. The molecule has 0 unspecified atom stereocenters. The van der Waals surface area contributed by atoms with Gasteiger partial charge in [0.25, 0.3) is 0 Å². The van der Waals surface area contributed by atoms with Crippen LogP contribution in [0.3, 0.4) is 0 Å². The Bertz CT molecular complexity index is 505. The Labute approximate surface area is 122 Å². The van der Waals surface area contributed by atoms with E-state index < -0.39 is 0 Å². The van der Waals surface area contributed by atoms with Crippen LogP contribution in [-0.2, 0) is 11.3 Å². The first-order valence-corrected chi connectivity index (χ1v) is 8.12. The zero-order chi connectivity index (χ0) is 14.5. The Morgan fingerprint density at radius 2 is 2.25 bits per heavy atom. The van der Waals surface area contributed by atoms with Crippen LogP contribution in [-0.4, -0.2) is 32.0 Å². The van der Waals surface area contributed by atoms with E-state index in [2.05, 4.69) is 15.5 Å². The van der Waals surface area contributed by atoms with E-state index in [1.54, 1.807) is 4.57 Å². The minimum absolute atomic E-state index is 0.0281. The number of carbonyl (C=O) groups excluding carboxylic acids is 1. The number of hydrogen-bond acceptors (Lipinski definition) is 4. The Kier molecular flexibility index (Phi) is 5.28.